The molecule has 0 aliphatic heterocycles. The van der Waals surface area contributed by atoms with E-state index in [2.05, 4.69) is 20.2 Å². The number of nitrogens with zero attached hydrogens (tertiary/aromatic N) is 8. The summed E-state index contributed by atoms with van der Waals surface area (Å²) in [7, 11) is 0. The number of nitrogens with two attached hydrogens (primary N) is 1. The summed E-state index contributed by atoms with van der Waals surface area (Å²) in [6.45, 7) is 5.60. The molecule has 2 N–H and O–H groups in total. The Labute approximate surface area is 200 Å². The van der Waals surface area contributed by atoms with Gasteiger partial charge in [-0.15, -0.1) is 0 Å². The number of carbonyl (C=O) groups is 1. The number of fused-ring (bicyclic) bond motifs is 1. The molecule has 0 aliphatic rings. The Balaban J connectivity index is 1.67. The van der Waals surface area contributed by atoms with E-state index >= 15 is 0 Å². The minimum absolute atomic E-state index is 0.134. The van der Waals surface area contributed by atoms with Gasteiger partial charge in [0, 0.05) is 25.0 Å². The molecule has 176 valence electrons. The average Bonchev–Trinajstić information content (AvgIpc) is 3.48. The van der Waals surface area contributed by atoms with Crippen molar-refractivity contribution < 1.29 is 9.53 Å². The first-order valence-electron chi connectivity index (χ1n) is 11.0. The second kappa shape index (κ2) is 8.93. The molecule has 0 spiro atoms. The fraction of sp³-hybridized carbons (Fsp3) is 0.208. The van der Waals surface area contributed by atoms with E-state index in [1.54, 1.807) is 17.2 Å². The van der Waals surface area contributed by atoms with Crippen LogP contribution in [0.25, 0.3) is 39.8 Å². The third-order valence-electron chi connectivity index (χ3n) is 5.31. The van der Waals surface area contributed by atoms with E-state index in [9.17, 15) is 4.79 Å². The van der Waals surface area contributed by atoms with Gasteiger partial charge in [-0.1, -0.05) is 12.1 Å². The maximum absolute atomic E-state index is 11.2. The quantitative estimate of drug-likeness (QED) is 0.371. The minimum atomic E-state index is -0.332. The normalized spacial score (nSPS) is 11.3. The van der Waals surface area contributed by atoms with Crippen molar-refractivity contribution in [2.45, 2.75) is 33.4 Å². The number of hydrogen-bond donors (Lipinski definition) is 1. The van der Waals surface area contributed by atoms with Gasteiger partial charge in [0.1, 0.15) is 23.5 Å². The number of carbonyl (C=O) groups excluding carboxylic acids is 1. The Kier molecular flexibility index (Phi) is 5.65. The molecule has 11 heteroatoms. The highest BCUT2D eigenvalue weighted by molar-refractivity contribution is 5.83. The van der Waals surface area contributed by atoms with Gasteiger partial charge in [-0.3, -0.25) is 9.36 Å². The number of benzene rings is 1. The maximum atomic E-state index is 11.2. The highest BCUT2D eigenvalue weighted by Gasteiger charge is 2.20. The Morgan fingerprint density at radius 2 is 1.80 bits per heavy atom. The van der Waals surface area contributed by atoms with Crippen molar-refractivity contribution in [1.29, 1.82) is 0 Å². The summed E-state index contributed by atoms with van der Waals surface area (Å²) >= 11 is 0. The van der Waals surface area contributed by atoms with Crippen molar-refractivity contribution in [3.63, 3.8) is 0 Å². The summed E-state index contributed by atoms with van der Waals surface area (Å²) in [5.74, 6) is 0.436. The van der Waals surface area contributed by atoms with Crippen LogP contribution < -0.4 is 5.73 Å². The van der Waals surface area contributed by atoms with Crippen molar-refractivity contribution in [2.24, 2.45) is 0 Å². The van der Waals surface area contributed by atoms with Gasteiger partial charge in [0.25, 0.3) is 0 Å². The zero-order valence-electron chi connectivity index (χ0n) is 19.5. The highest BCUT2D eigenvalue weighted by Crippen LogP contribution is 2.30. The molecule has 11 nitrogen and oxygen atoms in total. The molecule has 0 saturated heterocycles. The SMILES string of the molecule is CC(=O)OCc1ccc(-n2c(-c3nccnc3N)nc3ccc(-c4cnn(C(C)C)n4)nc32)cc1. The van der Waals surface area contributed by atoms with Gasteiger partial charge in [0.15, 0.2) is 17.3 Å². The summed E-state index contributed by atoms with van der Waals surface area (Å²) < 4.78 is 6.98. The lowest BCUT2D eigenvalue weighted by molar-refractivity contribution is -0.142. The summed E-state index contributed by atoms with van der Waals surface area (Å²) in [5.41, 5.74) is 10.8. The lowest BCUT2D eigenvalue weighted by atomic mass is 10.2. The lowest BCUT2D eigenvalue weighted by Gasteiger charge is -2.11. The zero-order valence-corrected chi connectivity index (χ0v) is 19.5. The predicted molar refractivity (Wildman–Crippen MR) is 129 cm³/mol. The van der Waals surface area contributed by atoms with E-state index in [4.69, 9.17) is 20.4 Å². The Bertz CT molecular complexity index is 1520. The first-order chi connectivity index (χ1) is 16.9. The molecule has 1 aromatic carbocycles. The molecule has 0 bridgehead atoms. The second-order valence-electron chi connectivity index (χ2n) is 8.19. The van der Waals surface area contributed by atoms with Crippen LogP contribution in [0.2, 0.25) is 0 Å². The van der Waals surface area contributed by atoms with Gasteiger partial charge in [-0.25, -0.2) is 19.9 Å². The average molecular weight is 470 g/mol. The van der Waals surface area contributed by atoms with Crippen molar-refractivity contribution in [1.82, 2.24) is 39.5 Å². The van der Waals surface area contributed by atoms with Crippen molar-refractivity contribution in [3.8, 4) is 28.6 Å². The third kappa shape index (κ3) is 4.31. The molecular formula is C24H23N9O2. The molecule has 0 saturated carbocycles. The van der Waals surface area contributed by atoms with Gasteiger partial charge >= 0.3 is 5.97 Å². The topological polar surface area (TPSA) is 140 Å². The molecule has 0 unspecified atom stereocenters. The van der Waals surface area contributed by atoms with Gasteiger partial charge in [0.05, 0.1) is 17.9 Å². The van der Waals surface area contributed by atoms with Crippen LogP contribution in [-0.4, -0.2) is 45.5 Å². The first-order valence-corrected chi connectivity index (χ1v) is 11.0. The summed E-state index contributed by atoms with van der Waals surface area (Å²) in [4.78, 5) is 31.1. The minimum Gasteiger partial charge on any atom is -0.461 e. The van der Waals surface area contributed by atoms with E-state index in [1.807, 2.05) is 54.8 Å². The van der Waals surface area contributed by atoms with Gasteiger partial charge in [-0.05, 0) is 43.7 Å². The van der Waals surface area contributed by atoms with Crippen LogP contribution in [0.1, 0.15) is 32.4 Å². The van der Waals surface area contributed by atoms with E-state index in [-0.39, 0.29) is 24.4 Å². The second-order valence-corrected chi connectivity index (χ2v) is 8.19. The fourth-order valence-electron chi connectivity index (χ4n) is 3.59. The van der Waals surface area contributed by atoms with E-state index in [0.717, 1.165) is 11.3 Å². The number of aromatic nitrogens is 8. The molecule has 5 rings (SSSR count). The number of rotatable bonds is 6. The molecule has 5 aromatic rings. The zero-order chi connectivity index (χ0) is 24.5. The Hall–Kier alpha value is -4.67. The van der Waals surface area contributed by atoms with Crippen LogP contribution >= 0.6 is 0 Å². The smallest absolute Gasteiger partial charge is 0.302 e. The van der Waals surface area contributed by atoms with E-state index in [0.29, 0.717) is 34.1 Å². The van der Waals surface area contributed by atoms with Crippen LogP contribution in [0.5, 0.6) is 0 Å². The summed E-state index contributed by atoms with van der Waals surface area (Å²) in [6.07, 6.45) is 4.80. The molecular weight excluding hydrogens is 446 g/mol. The summed E-state index contributed by atoms with van der Waals surface area (Å²) in [6, 6.07) is 11.4. The standard InChI is InChI=1S/C24H23N9O2/c1-14(2)33-28-12-20(31-33)18-8-9-19-23(29-18)32(24(30-19)21-22(25)27-11-10-26-21)17-6-4-16(5-7-17)13-35-15(3)34/h4-12,14H,13H2,1-3H3,(H2,25,27). The van der Waals surface area contributed by atoms with Crippen LogP contribution in [0.4, 0.5) is 5.82 Å². The summed E-state index contributed by atoms with van der Waals surface area (Å²) in [5, 5.41) is 8.87. The molecule has 4 heterocycles. The molecule has 0 radical (unpaired) electrons. The van der Waals surface area contributed by atoms with Crippen LogP contribution in [0.15, 0.2) is 55.0 Å². The maximum Gasteiger partial charge on any atom is 0.302 e. The number of nitrogen functional groups attached to an aromatic ring is 1. The van der Waals surface area contributed by atoms with Gasteiger partial charge in [0.2, 0.25) is 0 Å². The lowest BCUT2D eigenvalue weighted by Crippen LogP contribution is -2.05. The monoisotopic (exact) mass is 469 g/mol. The molecule has 0 atom stereocenters. The number of anilines is 1. The first kappa shape index (κ1) is 22.1. The molecule has 0 aliphatic carbocycles. The Morgan fingerprint density at radius 3 is 2.49 bits per heavy atom. The third-order valence-corrected chi connectivity index (χ3v) is 5.31. The number of hydrogen-bond acceptors (Lipinski definition) is 9. The van der Waals surface area contributed by atoms with Crippen molar-refractivity contribution >= 4 is 23.0 Å². The highest BCUT2D eigenvalue weighted by atomic mass is 16.5. The van der Waals surface area contributed by atoms with Gasteiger partial charge in [-0.2, -0.15) is 15.0 Å². The van der Waals surface area contributed by atoms with Crippen LogP contribution in [0.3, 0.4) is 0 Å². The van der Waals surface area contributed by atoms with E-state index < -0.39 is 0 Å². The van der Waals surface area contributed by atoms with E-state index in [1.165, 1.54) is 13.1 Å². The van der Waals surface area contributed by atoms with Crippen molar-refractivity contribution in [3.05, 3.63) is 60.6 Å². The molecule has 4 aromatic heterocycles. The predicted octanol–water partition coefficient (Wildman–Crippen LogP) is 3.36. The molecule has 35 heavy (non-hydrogen) atoms. The number of pyridine rings is 1. The largest absolute Gasteiger partial charge is 0.461 e. The molecule has 0 fully saturated rings. The van der Waals surface area contributed by atoms with Crippen LogP contribution in [0, 0.1) is 0 Å². The number of esters is 1. The fourth-order valence-corrected chi connectivity index (χ4v) is 3.59. The number of ether oxygens (including phenoxy) is 1. The number of imidazole rings is 1. The molecule has 0 amide bonds. The van der Waals surface area contributed by atoms with Crippen molar-refractivity contribution in [2.75, 3.05) is 5.73 Å². The van der Waals surface area contributed by atoms with Gasteiger partial charge < -0.3 is 10.5 Å². The Morgan fingerprint density at radius 1 is 1.03 bits per heavy atom. The van der Waals surface area contributed by atoms with Crippen LogP contribution in [-0.2, 0) is 16.1 Å².